The van der Waals surface area contributed by atoms with Gasteiger partial charge in [-0.25, -0.2) is 9.59 Å². The fraction of sp³-hybridized carbons (Fsp3) is 0.411. The Bertz CT molecular complexity index is 3040. The summed E-state index contributed by atoms with van der Waals surface area (Å²) in [5.41, 5.74) is 3.48. The first-order chi connectivity index (χ1) is 37.5. The van der Waals surface area contributed by atoms with Crippen LogP contribution in [-0.4, -0.2) is 127 Å². The van der Waals surface area contributed by atoms with Gasteiger partial charge >= 0.3 is 12.1 Å². The number of fused-ring (bicyclic) bond motifs is 4. The number of imide groups is 1. The molecule has 1 fully saturated rings. The number of nitrogens with zero attached hydrogens (tertiary/aromatic N) is 1. The molecule has 418 valence electrons. The van der Waals surface area contributed by atoms with E-state index in [0.29, 0.717) is 36.1 Å². The maximum atomic E-state index is 14.3. The Hall–Kier alpha value is -8.22. The molecule has 8 amide bonds. The number of benzene rings is 3. The summed E-state index contributed by atoms with van der Waals surface area (Å²) in [6.07, 6.45) is 0.939. The van der Waals surface area contributed by atoms with Crippen molar-refractivity contribution in [3.63, 3.8) is 0 Å². The second-order valence-corrected chi connectivity index (χ2v) is 20.4. The molecular formula is C56H64N8O14S. The van der Waals surface area contributed by atoms with Crippen LogP contribution in [0.15, 0.2) is 60.7 Å². The van der Waals surface area contributed by atoms with E-state index in [0.717, 1.165) is 6.07 Å². The maximum Gasteiger partial charge on any atom is 0.407 e. The fourth-order valence-electron chi connectivity index (χ4n) is 8.76. The summed E-state index contributed by atoms with van der Waals surface area (Å²) in [6.45, 7) is 6.13. The number of unbranched alkanes of at least 4 members (excludes halogenated alkanes) is 2. The van der Waals surface area contributed by atoms with Crippen LogP contribution >= 0.6 is 12.6 Å². The molecule has 6 rings (SSSR count). The minimum absolute atomic E-state index is 0.0547. The van der Waals surface area contributed by atoms with Crippen LogP contribution in [0.25, 0.3) is 0 Å². The third-order valence-corrected chi connectivity index (χ3v) is 13.9. The van der Waals surface area contributed by atoms with E-state index in [1.807, 2.05) is 0 Å². The first-order valence-electron chi connectivity index (χ1n) is 25.6. The van der Waals surface area contributed by atoms with Crippen molar-refractivity contribution in [3.05, 3.63) is 99.6 Å². The molecule has 0 aromatic heterocycles. The highest BCUT2D eigenvalue weighted by Gasteiger charge is 2.41. The molecule has 79 heavy (non-hydrogen) atoms. The zero-order valence-electron chi connectivity index (χ0n) is 43.9. The molecule has 2 heterocycles. The number of rotatable bonds is 22. The van der Waals surface area contributed by atoms with Gasteiger partial charge in [0.25, 0.3) is 0 Å². The van der Waals surface area contributed by atoms with Crippen molar-refractivity contribution in [3.8, 4) is 29.4 Å². The predicted octanol–water partition coefficient (Wildman–Crippen LogP) is 2.75. The predicted molar refractivity (Wildman–Crippen MR) is 291 cm³/mol. The highest BCUT2D eigenvalue weighted by atomic mass is 32.1. The zero-order chi connectivity index (χ0) is 57.7. The summed E-state index contributed by atoms with van der Waals surface area (Å²) in [7, 11) is 0. The number of urea groups is 1. The molecule has 3 aromatic carbocycles. The summed E-state index contributed by atoms with van der Waals surface area (Å²) >= 11 is 4.13. The molecule has 0 bridgehead atoms. The lowest BCUT2D eigenvalue weighted by atomic mass is 9.80. The number of hydrogen-bond donors (Lipinski definition) is 12. The first kappa shape index (κ1) is 60.0. The number of carbonyl (C=O) groups excluding carboxylic acids is 9. The largest absolute Gasteiger partial charge is 0.507 e. The van der Waals surface area contributed by atoms with E-state index in [9.17, 15) is 63.6 Å². The van der Waals surface area contributed by atoms with Gasteiger partial charge in [0.05, 0.1) is 28.2 Å². The van der Waals surface area contributed by atoms with Gasteiger partial charge < -0.3 is 62.8 Å². The number of nitrogens with one attached hydrogen (secondary N) is 6. The number of amides is 8. The molecule has 2 aliphatic heterocycles. The smallest absolute Gasteiger partial charge is 0.407 e. The van der Waals surface area contributed by atoms with Crippen molar-refractivity contribution >= 4 is 77.2 Å². The van der Waals surface area contributed by atoms with E-state index in [1.165, 1.54) is 49.1 Å². The lowest BCUT2D eigenvalue weighted by Gasteiger charge is -2.35. The number of ketones is 2. The number of hydrogen-bond acceptors (Lipinski definition) is 16. The van der Waals surface area contributed by atoms with Crippen LogP contribution in [0, 0.1) is 29.6 Å². The second kappa shape index (κ2) is 26.9. The van der Waals surface area contributed by atoms with Crippen LogP contribution in [-0.2, 0) is 41.9 Å². The minimum Gasteiger partial charge on any atom is -0.507 e. The van der Waals surface area contributed by atoms with Gasteiger partial charge in [-0.3, -0.25) is 38.5 Å². The molecule has 7 atom stereocenters. The van der Waals surface area contributed by atoms with Crippen LogP contribution in [0.5, 0.6) is 5.75 Å². The highest BCUT2D eigenvalue weighted by Crippen LogP contribution is 2.42. The van der Waals surface area contributed by atoms with Crippen molar-refractivity contribution in [2.45, 2.75) is 127 Å². The quantitative estimate of drug-likeness (QED) is 0.0177. The number of aliphatic hydroxyl groups excluding tert-OH is 2. The van der Waals surface area contributed by atoms with E-state index in [2.05, 4.69) is 68.2 Å². The van der Waals surface area contributed by atoms with Crippen molar-refractivity contribution in [1.82, 2.24) is 26.2 Å². The second-order valence-electron chi connectivity index (χ2n) is 19.8. The Balaban J connectivity index is 1.03. The normalized spacial score (nSPS) is 18.6. The number of phenols is 1. The standard InChI is InChI=1S/C56H64N8O14S/c1-30(2)47(63-43(68)16-10-7-11-24-64-44(69)27-41(79)53(64)74)52(73)61-38(13-12-23-58-54(57)75)51(72)60-34-20-17-32(18-21-34)29-78-55(76)59-28-33-19-22-35-36(25-33)50(71)45-40(67)26-37-39(66)14-8-5-6-9-15-42(56(4,77)31(3)65)62-48(37)46(45)49(35)70/h5-6,17-22,25-26,30-31,38-39,41-42,47,62,65-67,77,79H,7,10-13,16,23-24,27-29H2,1-4H3,(H,59,76)(H,60,72)(H,61,73)(H,63,68)(H3,57,58,75)/b6-5-/t31-,38+,39-,41?,42+,47+,56+/m1/s1. The van der Waals surface area contributed by atoms with Crippen LogP contribution in [0.3, 0.4) is 0 Å². The first-order valence-corrected chi connectivity index (χ1v) is 26.1. The molecule has 0 spiro atoms. The summed E-state index contributed by atoms with van der Waals surface area (Å²) < 4.78 is 5.40. The Kier molecular flexibility index (Phi) is 20.4. The molecule has 0 saturated carbocycles. The van der Waals surface area contributed by atoms with Crippen LogP contribution in [0.4, 0.5) is 21.0 Å². The van der Waals surface area contributed by atoms with Crippen molar-refractivity contribution in [2.24, 2.45) is 11.7 Å². The third-order valence-electron chi connectivity index (χ3n) is 13.5. The minimum atomic E-state index is -1.92. The molecule has 1 unspecified atom stereocenters. The van der Waals surface area contributed by atoms with Crippen LogP contribution in [0.2, 0.25) is 0 Å². The van der Waals surface area contributed by atoms with Gasteiger partial charge in [0.15, 0.2) is 11.6 Å². The highest BCUT2D eigenvalue weighted by molar-refractivity contribution is 7.81. The van der Waals surface area contributed by atoms with Gasteiger partial charge in [-0.1, -0.05) is 62.1 Å². The number of thiol groups is 1. The van der Waals surface area contributed by atoms with Crippen molar-refractivity contribution in [1.29, 1.82) is 0 Å². The van der Waals surface area contributed by atoms with Gasteiger partial charge in [-0.15, -0.1) is 0 Å². The monoisotopic (exact) mass is 1100 g/mol. The van der Waals surface area contributed by atoms with Gasteiger partial charge in [-0.2, -0.15) is 12.6 Å². The van der Waals surface area contributed by atoms with Gasteiger partial charge in [0.2, 0.25) is 29.5 Å². The Morgan fingerprint density at radius 3 is 2.22 bits per heavy atom. The molecule has 1 saturated heterocycles. The van der Waals surface area contributed by atoms with Crippen LogP contribution in [0.1, 0.15) is 127 Å². The Morgan fingerprint density at radius 1 is 0.873 bits per heavy atom. The number of aliphatic hydroxyl groups is 3. The Labute approximate surface area is 461 Å². The number of nitrogens with two attached hydrogens (primary N) is 1. The van der Waals surface area contributed by atoms with Gasteiger partial charge in [0, 0.05) is 54.9 Å². The van der Waals surface area contributed by atoms with Gasteiger partial charge in [0.1, 0.15) is 42.2 Å². The number of ether oxygens (including phenoxy) is 1. The van der Waals surface area contributed by atoms with Crippen LogP contribution < -0.4 is 37.6 Å². The molecule has 0 radical (unpaired) electrons. The molecule has 23 heteroatoms. The number of aromatic hydroxyl groups is 1. The topological polar surface area (TPSA) is 345 Å². The lowest BCUT2D eigenvalue weighted by Crippen LogP contribution is -2.54. The summed E-state index contributed by atoms with van der Waals surface area (Å²) in [5.74, 6) is 6.04. The number of alkyl carbamates (subject to hydrolysis) is 1. The molecule has 1 aliphatic carbocycles. The summed E-state index contributed by atoms with van der Waals surface area (Å²) in [5, 5.41) is 59.6. The number of likely N-dealkylation sites (tertiary alicyclic amines) is 1. The fourth-order valence-corrected chi connectivity index (χ4v) is 9.05. The lowest BCUT2D eigenvalue weighted by molar-refractivity contribution is -0.138. The van der Waals surface area contributed by atoms with Gasteiger partial charge in [-0.05, 0) is 99.1 Å². The van der Waals surface area contributed by atoms with Crippen molar-refractivity contribution < 1.29 is 68.3 Å². The Morgan fingerprint density at radius 2 is 1.56 bits per heavy atom. The molecule has 3 aliphatic rings. The number of phenolic OH excluding ortho intramolecular Hbond substituents is 1. The average Bonchev–Trinajstić information content (AvgIpc) is 3.86. The van der Waals surface area contributed by atoms with Crippen molar-refractivity contribution in [2.75, 3.05) is 23.7 Å². The third kappa shape index (κ3) is 15.3. The SMILES string of the molecule is CC(C)[C@H](NC(=O)CCCCCN1C(=O)CC(S)C1=O)C(=O)N[C@@H](CCCNC(N)=O)C(=O)Nc1ccc(COC(=O)NCc2ccc3c(c2)C(=O)c2c(O)cc4c(c2C3=O)N[C@H]([C@@](C)(O)[C@@H](C)O)C#C/C=C\C#C[C@H]4O)cc1. The summed E-state index contributed by atoms with van der Waals surface area (Å²) in [6, 6.07) is 7.51. The number of anilines is 2. The summed E-state index contributed by atoms with van der Waals surface area (Å²) in [4.78, 5) is 118. The number of primary amides is 1. The number of allylic oxidation sites excluding steroid dienone is 2. The zero-order valence-corrected chi connectivity index (χ0v) is 44.8. The van der Waals surface area contributed by atoms with E-state index in [1.54, 1.807) is 38.1 Å². The molecule has 22 nitrogen and oxygen atoms in total. The van der Waals surface area contributed by atoms with E-state index in [-0.39, 0.29) is 97.6 Å². The van der Waals surface area contributed by atoms with E-state index < -0.39 is 93.9 Å². The molecule has 12 N–H and O–H groups in total. The maximum absolute atomic E-state index is 14.3. The van der Waals surface area contributed by atoms with E-state index >= 15 is 0 Å². The molecular weight excluding hydrogens is 1040 g/mol. The number of carbonyl (C=O) groups is 9. The van der Waals surface area contributed by atoms with E-state index in [4.69, 9.17) is 10.5 Å². The average molecular weight is 1110 g/mol. The molecule has 3 aromatic rings.